The molecular formula is C17H16O6. The number of allylic oxidation sites excluding steroid dienone is 1. The Labute approximate surface area is 132 Å². The number of hydrogen-bond acceptors (Lipinski definition) is 6. The highest BCUT2D eigenvalue weighted by Gasteiger charge is 2.15. The molecule has 0 saturated heterocycles. The van der Waals surface area contributed by atoms with Crippen LogP contribution in [-0.2, 0) is 16.0 Å². The molecule has 1 aromatic carbocycles. The average Bonchev–Trinajstić information content (AvgIpc) is 3.03. The zero-order valence-corrected chi connectivity index (χ0v) is 12.7. The second-order valence-electron chi connectivity index (χ2n) is 4.64. The molecule has 0 unspecified atom stereocenters. The first-order valence-corrected chi connectivity index (χ1v) is 6.79. The maximum Gasteiger partial charge on any atom is 0.373 e. The molecule has 23 heavy (non-hydrogen) atoms. The summed E-state index contributed by atoms with van der Waals surface area (Å²) >= 11 is 0. The number of para-hydroxylation sites is 1. The largest absolute Gasteiger partial charge is 0.502 e. The second kappa shape index (κ2) is 7.31. The Balaban J connectivity index is 2.15. The van der Waals surface area contributed by atoms with Crippen LogP contribution in [0.4, 0.5) is 0 Å². The van der Waals surface area contributed by atoms with E-state index in [9.17, 15) is 14.7 Å². The molecule has 1 aromatic heterocycles. The van der Waals surface area contributed by atoms with E-state index in [0.717, 1.165) is 24.5 Å². The van der Waals surface area contributed by atoms with E-state index in [2.05, 4.69) is 4.74 Å². The van der Waals surface area contributed by atoms with Crippen LogP contribution in [0, 0.1) is 0 Å². The number of aliphatic hydroxyl groups excluding tert-OH is 1. The molecule has 0 aliphatic rings. The van der Waals surface area contributed by atoms with Gasteiger partial charge in [0.2, 0.25) is 11.5 Å². The van der Waals surface area contributed by atoms with Gasteiger partial charge in [0.1, 0.15) is 11.5 Å². The number of carbonyl (C=O) groups is 2. The Morgan fingerprint density at radius 1 is 1.17 bits per heavy atom. The van der Waals surface area contributed by atoms with Gasteiger partial charge >= 0.3 is 5.97 Å². The lowest BCUT2D eigenvalue weighted by atomic mass is 10.1. The first kappa shape index (κ1) is 16.4. The summed E-state index contributed by atoms with van der Waals surface area (Å²) < 4.78 is 15.0. The summed E-state index contributed by atoms with van der Waals surface area (Å²) in [5, 5.41) is 9.37. The van der Waals surface area contributed by atoms with Crippen LogP contribution < -0.4 is 4.74 Å². The van der Waals surface area contributed by atoms with Crippen molar-refractivity contribution in [2.24, 2.45) is 0 Å². The Bertz CT molecular complexity index is 741. The molecule has 2 aromatic rings. The quantitative estimate of drug-likeness (QED) is 0.382. The maximum atomic E-state index is 11.9. The average molecular weight is 316 g/mol. The third kappa shape index (κ3) is 4.00. The number of benzene rings is 1. The SMILES string of the molecule is COC(=O)/C(O)=C/C(=O)c1ccc(Cc2ccccc2OC)o1. The fraction of sp³-hybridized carbons (Fsp3) is 0.176. The highest BCUT2D eigenvalue weighted by atomic mass is 16.5. The molecular weight excluding hydrogens is 300 g/mol. The molecule has 120 valence electrons. The van der Waals surface area contributed by atoms with Gasteiger partial charge in [-0.3, -0.25) is 4.79 Å². The number of methoxy groups -OCH3 is 2. The highest BCUT2D eigenvalue weighted by molar-refractivity contribution is 6.06. The lowest BCUT2D eigenvalue weighted by Crippen LogP contribution is -2.06. The molecule has 2 rings (SSSR count). The van der Waals surface area contributed by atoms with Gasteiger partial charge in [-0.25, -0.2) is 4.79 Å². The van der Waals surface area contributed by atoms with Gasteiger partial charge in [0.15, 0.2) is 5.76 Å². The minimum atomic E-state index is -0.987. The van der Waals surface area contributed by atoms with E-state index >= 15 is 0 Å². The van der Waals surface area contributed by atoms with E-state index in [1.54, 1.807) is 13.2 Å². The summed E-state index contributed by atoms with van der Waals surface area (Å²) in [6.07, 6.45) is 1.21. The summed E-state index contributed by atoms with van der Waals surface area (Å²) in [5.74, 6) is -1.09. The smallest absolute Gasteiger partial charge is 0.373 e. The lowest BCUT2D eigenvalue weighted by molar-refractivity contribution is -0.139. The number of ether oxygens (including phenoxy) is 2. The third-order valence-corrected chi connectivity index (χ3v) is 3.12. The predicted octanol–water partition coefficient (Wildman–Crippen LogP) is 2.68. The van der Waals surface area contributed by atoms with Crippen molar-refractivity contribution in [3.63, 3.8) is 0 Å². The van der Waals surface area contributed by atoms with Crippen LogP contribution in [0.3, 0.4) is 0 Å². The lowest BCUT2D eigenvalue weighted by Gasteiger charge is -2.06. The standard InChI is InChI=1S/C17H16O6/c1-21-15-6-4-3-5-11(15)9-12-7-8-16(23-12)13(18)10-14(19)17(20)22-2/h3-8,10,19H,9H2,1-2H3/b14-10-. The van der Waals surface area contributed by atoms with E-state index in [0.29, 0.717) is 12.2 Å². The number of aliphatic hydroxyl groups is 1. The van der Waals surface area contributed by atoms with Crippen molar-refractivity contribution in [2.75, 3.05) is 14.2 Å². The van der Waals surface area contributed by atoms with Gasteiger partial charge in [-0.05, 0) is 18.2 Å². The maximum absolute atomic E-state index is 11.9. The predicted molar refractivity (Wildman–Crippen MR) is 81.6 cm³/mol. The molecule has 6 nitrogen and oxygen atoms in total. The van der Waals surface area contributed by atoms with Gasteiger partial charge in [0, 0.05) is 18.1 Å². The Morgan fingerprint density at radius 3 is 2.61 bits per heavy atom. The first-order valence-electron chi connectivity index (χ1n) is 6.79. The molecule has 1 N–H and O–H groups in total. The Kier molecular flexibility index (Phi) is 5.19. The van der Waals surface area contributed by atoms with Crippen molar-refractivity contribution in [2.45, 2.75) is 6.42 Å². The molecule has 6 heteroatoms. The zero-order valence-electron chi connectivity index (χ0n) is 12.7. The normalized spacial score (nSPS) is 11.1. The molecule has 0 amide bonds. The fourth-order valence-electron chi connectivity index (χ4n) is 2.00. The molecule has 0 saturated carbocycles. The minimum Gasteiger partial charge on any atom is -0.502 e. The van der Waals surface area contributed by atoms with Gasteiger partial charge in [0.25, 0.3) is 0 Å². The van der Waals surface area contributed by atoms with Crippen molar-refractivity contribution in [3.8, 4) is 5.75 Å². The van der Waals surface area contributed by atoms with E-state index in [1.807, 2.05) is 24.3 Å². The minimum absolute atomic E-state index is 0.0188. The topological polar surface area (TPSA) is 86.0 Å². The van der Waals surface area contributed by atoms with Gasteiger partial charge in [-0.2, -0.15) is 0 Å². The number of rotatable bonds is 6. The van der Waals surface area contributed by atoms with Crippen LogP contribution in [0.25, 0.3) is 0 Å². The highest BCUT2D eigenvalue weighted by Crippen LogP contribution is 2.22. The van der Waals surface area contributed by atoms with Crippen molar-refractivity contribution < 1.29 is 28.6 Å². The van der Waals surface area contributed by atoms with E-state index in [4.69, 9.17) is 9.15 Å². The van der Waals surface area contributed by atoms with Crippen molar-refractivity contribution >= 4 is 11.8 Å². The van der Waals surface area contributed by atoms with Crippen LogP contribution in [0.15, 0.2) is 52.7 Å². The first-order chi connectivity index (χ1) is 11.0. The molecule has 0 spiro atoms. The summed E-state index contributed by atoms with van der Waals surface area (Å²) in [7, 11) is 2.69. The zero-order chi connectivity index (χ0) is 16.8. The van der Waals surface area contributed by atoms with E-state index < -0.39 is 17.5 Å². The van der Waals surface area contributed by atoms with Crippen molar-refractivity contribution in [1.29, 1.82) is 0 Å². The van der Waals surface area contributed by atoms with E-state index in [-0.39, 0.29) is 5.76 Å². The molecule has 0 atom stereocenters. The molecule has 1 heterocycles. The number of hydrogen-bond donors (Lipinski definition) is 1. The van der Waals surface area contributed by atoms with Crippen molar-refractivity contribution in [3.05, 3.63) is 65.3 Å². The van der Waals surface area contributed by atoms with Crippen LogP contribution >= 0.6 is 0 Å². The molecule has 0 radical (unpaired) electrons. The molecule has 0 bridgehead atoms. The summed E-state index contributed by atoms with van der Waals surface area (Å²) in [4.78, 5) is 23.0. The number of esters is 1. The van der Waals surface area contributed by atoms with Gasteiger partial charge in [-0.1, -0.05) is 18.2 Å². The van der Waals surface area contributed by atoms with Gasteiger partial charge < -0.3 is 19.0 Å². The van der Waals surface area contributed by atoms with Gasteiger partial charge in [0.05, 0.1) is 14.2 Å². The Hall–Kier alpha value is -3.02. The molecule has 0 aliphatic heterocycles. The van der Waals surface area contributed by atoms with Gasteiger partial charge in [-0.15, -0.1) is 0 Å². The second-order valence-corrected chi connectivity index (χ2v) is 4.64. The Morgan fingerprint density at radius 2 is 1.91 bits per heavy atom. The number of carbonyl (C=O) groups excluding carboxylic acids is 2. The monoisotopic (exact) mass is 316 g/mol. The fourth-order valence-corrected chi connectivity index (χ4v) is 2.00. The van der Waals surface area contributed by atoms with Crippen molar-refractivity contribution in [1.82, 2.24) is 0 Å². The molecule has 0 fully saturated rings. The summed E-state index contributed by atoms with van der Waals surface area (Å²) in [6, 6.07) is 10.6. The summed E-state index contributed by atoms with van der Waals surface area (Å²) in [6.45, 7) is 0. The van der Waals surface area contributed by atoms with Crippen LogP contribution in [-0.4, -0.2) is 31.1 Å². The van der Waals surface area contributed by atoms with Crippen LogP contribution in [0.5, 0.6) is 5.75 Å². The van der Waals surface area contributed by atoms with E-state index in [1.165, 1.54) is 6.07 Å². The number of ketones is 1. The van der Waals surface area contributed by atoms with Crippen LogP contribution in [0.1, 0.15) is 21.9 Å². The summed E-state index contributed by atoms with van der Waals surface area (Å²) in [5.41, 5.74) is 0.913. The molecule has 0 aliphatic carbocycles. The third-order valence-electron chi connectivity index (χ3n) is 3.12. The van der Waals surface area contributed by atoms with Crippen LogP contribution in [0.2, 0.25) is 0 Å². The number of furan rings is 1.